The molecule has 0 saturated heterocycles. The second-order valence-corrected chi connectivity index (χ2v) is 8.09. The maximum absolute atomic E-state index is 12.6. The van der Waals surface area contributed by atoms with Crippen LogP contribution in [0.1, 0.15) is 21.5 Å². The van der Waals surface area contributed by atoms with E-state index >= 15 is 0 Å². The Kier molecular flexibility index (Phi) is 5.53. The van der Waals surface area contributed by atoms with E-state index in [1.54, 1.807) is 19.9 Å². The third-order valence-electron chi connectivity index (χ3n) is 4.38. The Morgan fingerprint density at radius 2 is 1.64 bits per heavy atom. The van der Waals surface area contributed by atoms with E-state index < -0.39 is 15.9 Å². The molecule has 0 atom stereocenters. The molecule has 1 aromatic heterocycles. The largest absolute Gasteiger partial charge is 0.319 e. The van der Waals surface area contributed by atoms with Crippen molar-refractivity contribution in [1.82, 2.24) is 14.7 Å². The van der Waals surface area contributed by atoms with Gasteiger partial charge in [-0.2, -0.15) is 0 Å². The summed E-state index contributed by atoms with van der Waals surface area (Å²) in [5.74, 6) is 0.110. The molecule has 0 aliphatic rings. The van der Waals surface area contributed by atoms with Crippen LogP contribution in [-0.2, 0) is 10.0 Å². The van der Waals surface area contributed by atoms with E-state index in [1.807, 2.05) is 30.3 Å². The van der Waals surface area contributed by atoms with Crippen LogP contribution in [0.3, 0.4) is 0 Å². The highest BCUT2D eigenvalue weighted by molar-refractivity contribution is 7.89. The first-order valence-electron chi connectivity index (χ1n) is 8.55. The van der Waals surface area contributed by atoms with Gasteiger partial charge in [0.1, 0.15) is 0 Å². The number of hydrogen-bond acceptors (Lipinski definition) is 5. The molecule has 0 saturated carbocycles. The second kappa shape index (κ2) is 7.87. The lowest BCUT2D eigenvalue weighted by Crippen LogP contribution is -2.21. The molecule has 0 fully saturated rings. The average Bonchev–Trinajstić information content (AvgIpc) is 2.71. The van der Waals surface area contributed by atoms with Crippen LogP contribution in [0, 0.1) is 13.8 Å². The SMILES string of the molecule is CNS(=O)(=O)c1cc(C(=O)Nc2cnc(-c3ccccc3)nc2)cc(C)c1C. The van der Waals surface area contributed by atoms with E-state index in [0.717, 1.165) is 5.56 Å². The van der Waals surface area contributed by atoms with Crippen molar-refractivity contribution in [3.8, 4) is 11.4 Å². The lowest BCUT2D eigenvalue weighted by Gasteiger charge is -2.12. The second-order valence-electron chi connectivity index (χ2n) is 6.24. The topological polar surface area (TPSA) is 101 Å². The first-order valence-corrected chi connectivity index (χ1v) is 10.0. The van der Waals surface area contributed by atoms with Gasteiger partial charge in [-0.25, -0.2) is 23.1 Å². The van der Waals surface area contributed by atoms with Crippen molar-refractivity contribution in [2.45, 2.75) is 18.7 Å². The summed E-state index contributed by atoms with van der Waals surface area (Å²) < 4.78 is 26.7. The van der Waals surface area contributed by atoms with E-state index in [2.05, 4.69) is 20.0 Å². The van der Waals surface area contributed by atoms with Gasteiger partial charge in [0.25, 0.3) is 5.91 Å². The van der Waals surface area contributed by atoms with E-state index in [4.69, 9.17) is 0 Å². The summed E-state index contributed by atoms with van der Waals surface area (Å²) in [5, 5.41) is 2.70. The maximum Gasteiger partial charge on any atom is 0.255 e. The molecule has 0 radical (unpaired) electrons. The van der Waals surface area contributed by atoms with Crippen molar-refractivity contribution >= 4 is 21.6 Å². The van der Waals surface area contributed by atoms with Crippen molar-refractivity contribution in [2.24, 2.45) is 0 Å². The Morgan fingerprint density at radius 3 is 2.25 bits per heavy atom. The van der Waals surface area contributed by atoms with Gasteiger partial charge >= 0.3 is 0 Å². The molecule has 0 bridgehead atoms. The number of sulfonamides is 1. The van der Waals surface area contributed by atoms with Crippen LogP contribution in [0.2, 0.25) is 0 Å². The number of aromatic nitrogens is 2. The number of benzene rings is 2. The molecule has 1 heterocycles. The summed E-state index contributed by atoms with van der Waals surface area (Å²) in [6.45, 7) is 3.47. The smallest absolute Gasteiger partial charge is 0.255 e. The Labute approximate surface area is 163 Å². The lowest BCUT2D eigenvalue weighted by molar-refractivity contribution is 0.102. The third kappa shape index (κ3) is 4.08. The van der Waals surface area contributed by atoms with Crippen LogP contribution in [0.15, 0.2) is 59.8 Å². The van der Waals surface area contributed by atoms with Crippen LogP contribution in [0.25, 0.3) is 11.4 Å². The first kappa shape index (κ1) is 19.7. The van der Waals surface area contributed by atoms with Gasteiger partial charge in [0.2, 0.25) is 10.0 Å². The molecular formula is C20H20N4O3S. The van der Waals surface area contributed by atoms with Crippen molar-refractivity contribution in [1.29, 1.82) is 0 Å². The molecule has 0 aliphatic heterocycles. The highest BCUT2D eigenvalue weighted by Crippen LogP contribution is 2.22. The summed E-state index contributed by atoms with van der Waals surface area (Å²) >= 11 is 0. The van der Waals surface area contributed by atoms with Gasteiger partial charge in [-0.15, -0.1) is 0 Å². The zero-order valence-electron chi connectivity index (χ0n) is 15.7. The summed E-state index contributed by atoms with van der Waals surface area (Å²) in [7, 11) is -2.34. The predicted molar refractivity (Wildman–Crippen MR) is 108 cm³/mol. The van der Waals surface area contributed by atoms with Crippen LogP contribution >= 0.6 is 0 Å². The number of anilines is 1. The van der Waals surface area contributed by atoms with E-state index in [-0.39, 0.29) is 10.5 Å². The number of rotatable bonds is 5. The quantitative estimate of drug-likeness (QED) is 0.691. The first-order chi connectivity index (χ1) is 13.3. The highest BCUT2D eigenvalue weighted by Gasteiger charge is 2.19. The minimum atomic E-state index is -3.67. The van der Waals surface area contributed by atoms with Gasteiger partial charge in [-0.3, -0.25) is 4.79 Å². The minimum Gasteiger partial charge on any atom is -0.319 e. The van der Waals surface area contributed by atoms with Gasteiger partial charge in [0.05, 0.1) is 23.0 Å². The number of amides is 1. The summed E-state index contributed by atoms with van der Waals surface area (Å²) in [6.07, 6.45) is 3.03. The number of carbonyl (C=O) groups is 1. The molecule has 0 aliphatic carbocycles. The Hall–Kier alpha value is -3.10. The van der Waals surface area contributed by atoms with Gasteiger partial charge in [-0.1, -0.05) is 30.3 Å². The van der Waals surface area contributed by atoms with Crippen molar-refractivity contribution in [3.63, 3.8) is 0 Å². The molecule has 144 valence electrons. The van der Waals surface area contributed by atoms with E-state index in [1.165, 1.54) is 25.5 Å². The van der Waals surface area contributed by atoms with Crippen LogP contribution in [-0.4, -0.2) is 31.3 Å². The summed E-state index contributed by atoms with van der Waals surface area (Å²) in [6, 6.07) is 12.5. The van der Waals surface area contributed by atoms with E-state index in [9.17, 15) is 13.2 Å². The van der Waals surface area contributed by atoms with Gasteiger partial charge in [0, 0.05) is 11.1 Å². The highest BCUT2D eigenvalue weighted by atomic mass is 32.2. The third-order valence-corrected chi connectivity index (χ3v) is 5.92. The molecule has 1 amide bonds. The zero-order valence-corrected chi connectivity index (χ0v) is 16.5. The Morgan fingerprint density at radius 1 is 1.00 bits per heavy atom. The molecule has 2 aromatic carbocycles. The van der Waals surface area contributed by atoms with Gasteiger partial charge < -0.3 is 5.32 Å². The predicted octanol–water partition coefficient (Wildman–Crippen LogP) is 2.92. The monoisotopic (exact) mass is 396 g/mol. The van der Waals surface area contributed by atoms with Crippen LogP contribution in [0.4, 0.5) is 5.69 Å². The molecular weight excluding hydrogens is 376 g/mol. The fraction of sp³-hybridized carbons (Fsp3) is 0.150. The standard InChI is InChI=1S/C20H20N4O3S/c1-13-9-16(10-18(14(13)2)28(26,27)21-3)20(25)24-17-11-22-19(23-12-17)15-7-5-4-6-8-15/h4-12,21H,1-3H3,(H,24,25). The molecule has 3 aromatic rings. The number of carbonyl (C=O) groups excluding carboxylic acids is 1. The fourth-order valence-corrected chi connectivity index (χ4v) is 3.75. The van der Waals surface area contributed by atoms with Crippen LogP contribution < -0.4 is 10.0 Å². The molecule has 7 nitrogen and oxygen atoms in total. The molecule has 0 spiro atoms. The van der Waals surface area contributed by atoms with Crippen molar-refractivity contribution in [3.05, 3.63) is 71.5 Å². The Bertz CT molecular complexity index is 1110. The van der Waals surface area contributed by atoms with Crippen molar-refractivity contribution in [2.75, 3.05) is 12.4 Å². The lowest BCUT2D eigenvalue weighted by atomic mass is 10.1. The molecule has 3 rings (SSSR count). The average molecular weight is 396 g/mol. The Balaban J connectivity index is 1.85. The molecule has 8 heteroatoms. The number of nitrogens with one attached hydrogen (secondary N) is 2. The number of aryl methyl sites for hydroxylation is 1. The number of hydrogen-bond donors (Lipinski definition) is 2. The fourth-order valence-electron chi connectivity index (χ4n) is 2.68. The summed E-state index contributed by atoms with van der Waals surface area (Å²) in [4.78, 5) is 21.2. The minimum absolute atomic E-state index is 0.0795. The number of nitrogens with zero attached hydrogens (tertiary/aromatic N) is 2. The normalized spacial score (nSPS) is 11.2. The zero-order chi connectivity index (χ0) is 20.3. The van der Waals surface area contributed by atoms with Gasteiger partial charge in [-0.05, 0) is 44.2 Å². The molecule has 0 unspecified atom stereocenters. The summed E-state index contributed by atoms with van der Waals surface area (Å²) in [5.41, 5.74) is 2.83. The van der Waals surface area contributed by atoms with Crippen molar-refractivity contribution < 1.29 is 13.2 Å². The molecule has 28 heavy (non-hydrogen) atoms. The molecule has 2 N–H and O–H groups in total. The van der Waals surface area contributed by atoms with E-state index in [0.29, 0.717) is 22.6 Å². The van der Waals surface area contributed by atoms with Crippen LogP contribution in [0.5, 0.6) is 0 Å². The maximum atomic E-state index is 12.6. The van der Waals surface area contributed by atoms with Gasteiger partial charge in [0.15, 0.2) is 5.82 Å².